The number of hydrogen-bond acceptors (Lipinski definition) is 6. The van der Waals surface area contributed by atoms with E-state index in [0.717, 1.165) is 21.3 Å². The van der Waals surface area contributed by atoms with Gasteiger partial charge in [-0.05, 0) is 60.2 Å². The quantitative estimate of drug-likeness (QED) is 0.492. The van der Waals surface area contributed by atoms with E-state index in [9.17, 15) is 14.4 Å². The van der Waals surface area contributed by atoms with Crippen LogP contribution in [0.4, 0.5) is 0 Å². The molecular weight excluding hydrogens is 442 g/mol. The summed E-state index contributed by atoms with van der Waals surface area (Å²) in [5.74, 6) is 0.970. The second-order valence-corrected chi connectivity index (χ2v) is 8.81. The third kappa shape index (κ3) is 3.80. The molecule has 4 aromatic rings. The van der Waals surface area contributed by atoms with E-state index in [1.54, 1.807) is 17.5 Å². The van der Waals surface area contributed by atoms with E-state index >= 15 is 0 Å². The molecule has 8 nitrogen and oxygen atoms in total. The molecule has 2 aromatic carbocycles. The molecule has 168 valence electrons. The Balaban J connectivity index is 1.47. The fourth-order valence-electron chi connectivity index (χ4n) is 3.86. The SMILES string of the molecule is Cc1ccc(C)c(-n2c(=O)c3sccc3n(CC(=O)NCc3ccc4c(c3)OCO4)c2=O)c1. The molecule has 1 amide bonds. The molecular formula is C24H21N3O5S. The maximum Gasteiger partial charge on any atom is 0.336 e. The van der Waals surface area contributed by atoms with E-state index in [0.29, 0.717) is 27.4 Å². The first kappa shape index (κ1) is 21.0. The van der Waals surface area contributed by atoms with Crippen molar-refractivity contribution < 1.29 is 14.3 Å². The highest BCUT2D eigenvalue weighted by molar-refractivity contribution is 7.17. The fourth-order valence-corrected chi connectivity index (χ4v) is 4.69. The number of rotatable bonds is 5. The number of carbonyl (C=O) groups is 1. The zero-order valence-corrected chi connectivity index (χ0v) is 18.9. The number of carbonyl (C=O) groups excluding carboxylic acids is 1. The Morgan fingerprint density at radius 2 is 1.88 bits per heavy atom. The predicted molar refractivity (Wildman–Crippen MR) is 126 cm³/mol. The standard InChI is InChI=1S/C24H21N3O5S/c1-14-3-4-15(2)18(9-14)27-23(29)22-17(7-8-33-22)26(24(27)30)12-21(28)25-11-16-5-6-19-20(10-16)32-13-31-19/h3-10H,11-13H2,1-2H3,(H,25,28). The Morgan fingerprint density at radius 1 is 1.06 bits per heavy atom. The maximum atomic E-state index is 13.4. The summed E-state index contributed by atoms with van der Waals surface area (Å²) in [4.78, 5) is 39.4. The molecule has 9 heteroatoms. The average molecular weight is 464 g/mol. The highest BCUT2D eigenvalue weighted by Crippen LogP contribution is 2.32. The van der Waals surface area contributed by atoms with Crippen LogP contribution < -0.4 is 26.0 Å². The van der Waals surface area contributed by atoms with E-state index in [4.69, 9.17) is 9.47 Å². The second-order valence-electron chi connectivity index (χ2n) is 7.90. The van der Waals surface area contributed by atoms with Crippen LogP contribution in [0, 0.1) is 13.8 Å². The maximum absolute atomic E-state index is 13.4. The van der Waals surface area contributed by atoms with Crippen LogP contribution in [0.3, 0.4) is 0 Å². The lowest BCUT2D eigenvalue weighted by molar-refractivity contribution is -0.121. The van der Waals surface area contributed by atoms with E-state index in [-0.39, 0.29) is 31.3 Å². The molecule has 1 aliphatic heterocycles. The Morgan fingerprint density at radius 3 is 2.73 bits per heavy atom. The molecule has 0 atom stereocenters. The van der Waals surface area contributed by atoms with Gasteiger partial charge < -0.3 is 14.8 Å². The van der Waals surface area contributed by atoms with Crippen LogP contribution in [-0.2, 0) is 17.9 Å². The van der Waals surface area contributed by atoms with Gasteiger partial charge in [0.05, 0.1) is 11.2 Å². The van der Waals surface area contributed by atoms with Crippen molar-refractivity contribution in [1.29, 1.82) is 0 Å². The lowest BCUT2D eigenvalue weighted by atomic mass is 10.1. The Hall–Kier alpha value is -3.85. The minimum Gasteiger partial charge on any atom is -0.454 e. The minimum atomic E-state index is -0.544. The van der Waals surface area contributed by atoms with Gasteiger partial charge in [-0.3, -0.25) is 14.2 Å². The minimum absolute atomic E-state index is 0.181. The number of aryl methyl sites for hydroxylation is 2. The molecule has 0 saturated heterocycles. The van der Waals surface area contributed by atoms with Gasteiger partial charge >= 0.3 is 5.69 Å². The summed E-state index contributed by atoms with van der Waals surface area (Å²) in [6.07, 6.45) is 0. The molecule has 0 saturated carbocycles. The van der Waals surface area contributed by atoms with Crippen LogP contribution in [0.5, 0.6) is 11.5 Å². The molecule has 3 heterocycles. The summed E-state index contributed by atoms with van der Waals surface area (Å²) in [5.41, 5.74) is 2.63. The summed E-state index contributed by atoms with van der Waals surface area (Å²) in [7, 11) is 0. The van der Waals surface area contributed by atoms with Crippen molar-refractivity contribution in [3.63, 3.8) is 0 Å². The van der Waals surface area contributed by atoms with E-state index in [2.05, 4.69) is 5.32 Å². The van der Waals surface area contributed by atoms with Crippen molar-refractivity contribution >= 4 is 27.5 Å². The van der Waals surface area contributed by atoms with Crippen molar-refractivity contribution in [3.8, 4) is 17.2 Å². The number of nitrogens with zero attached hydrogens (tertiary/aromatic N) is 2. The molecule has 5 rings (SSSR count). The molecule has 0 aliphatic carbocycles. The highest BCUT2D eigenvalue weighted by atomic mass is 32.1. The zero-order chi connectivity index (χ0) is 23.1. The van der Waals surface area contributed by atoms with Gasteiger partial charge in [0.1, 0.15) is 11.2 Å². The van der Waals surface area contributed by atoms with Gasteiger partial charge in [0.15, 0.2) is 11.5 Å². The number of amides is 1. The fraction of sp³-hybridized carbons (Fsp3) is 0.208. The largest absolute Gasteiger partial charge is 0.454 e. The normalized spacial score (nSPS) is 12.3. The number of benzene rings is 2. The molecule has 0 spiro atoms. The lowest BCUT2D eigenvalue weighted by Crippen LogP contribution is -2.41. The lowest BCUT2D eigenvalue weighted by Gasteiger charge is -2.14. The van der Waals surface area contributed by atoms with E-state index in [1.807, 2.05) is 44.2 Å². The Kier molecular flexibility index (Phi) is 5.26. The van der Waals surface area contributed by atoms with Crippen LogP contribution >= 0.6 is 11.3 Å². The summed E-state index contributed by atoms with van der Waals surface area (Å²) in [6.45, 7) is 4.00. The first-order valence-corrected chi connectivity index (χ1v) is 11.3. The first-order valence-electron chi connectivity index (χ1n) is 10.4. The van der Waals surface area contributed by atoms with Gasteiger partial charge in [-0.25, -0.2) is 9.36 Å². The summed E-state index contributed by atoms with van der Waals surface area (Å²) in [5, 5.41) is 4.59. The average Bonchev–Trinajstić information content (AvgIpc) is 3.47. The molecule has 1 N–H and O–H groups in total. The molecule has 0 radical (unpaired) electrons. The molecule has 0 unspecified atom stereocenters. The Bertz CT molecular complexity index is 1520. The van der Waals surface area contributed by atoms with Gasteiger partial charge in [-0.2, -0.15) is 0 Å². The molecule has 0 fully saturated rings. The van der Waals surface area contributed by atoms with Gasteiger partial charge in [-0.15, -0.1) is 11.3 Å². The summed E-state index contributed by atoms with van der Waals surface area (Å²) >= 11 is 1.25. The molecule has 0 bridgehead atoms. The molecule has 33 heavy (non-hydrogen) atoms. The number of ether oxygens (including phenoxy) is 2. The van der Waals surface area contributed by atoms with Gasteiger partial charge in [-0.1, -0.05) is 18.2 Å². The number of aromatic nitrogens is 2. The predicted octanol–water partition coefficient (Wildman–Crippen LogP) is 2.88. The van der Waals surface area contributed by atoms with Crippen molar-refractivity contribution in [2.24, 2.45) is 0 Å². The number of thiophene rings is 1. The highest BCUT2D eigenvalue weighted by Gasteiger charge is 2.19. The summed E-state index contributed by atoms with van der Waals surface area (Å²) in [6, 6.07) is 12.8. The van der Waals surface area contributed by atoms with Crippen LogP contribution in [0.15, 0.2) is 57.4 Å². The van der Waals surface area contributed by atoms with Gasteiger partial charge in [0.2, 0.25) is 12.7 Å². The molecule has 2 aromatic heterocycles. The number of nitrogens with one attached hydrogen (secondary N) is 1. The van der Waals surface area contributed by atoms with Crippen LogP contribution in [0.1, 0.15) is 16.7 Å². The van der Waals surface area contributed by atoms with Crippen molar-refractivity contribution in [3.05, 3.63) is 85.4 Å². The van der Waals surface area contributed by atoms with Crippen molar-refractivity contribution in [2.75, 3.05) is 6.79 Å². The Labute approximate surface area is 192 Å². The topological polar surface area (TPSA) is 91.6 Å². The van der Waals surface area contributed by atoms with Crippen molar-refractivity contribution in [1.82, 2.24) is 14.5 Å². The zero-order valence-electron chi connectivity index (χ0n) is 18.1. The third-order valence-corrected chi connectivity index (χ3v) is 6.48. The summed E-state index contributed by atoms with van der Waals surface area (Å²) < 4.78 is 13.6. The van der Waals surface area contributed by atoms with Crippen molar-refractivity contribution in [2.45, 2.75) is 26.9 Å². The van der Waals surface area contributed by atoms with Gasteiger partial charge in [0.25, 0.3) is 5.56 Å². The van der Waals surface area contributed by atoms with E-state index in [1.165, 1.54) is 15.9 Å². The number of fused-ring (bicyclic) bond motifs is 2. The monoisotopic (exact) mass is 463 g/mol. The smallest absolute Gasteiger partial charge is 0.336 e. The van der Waals surface area contributed by atoms with Crippen LogP contribution in [0.2, 0.25) is 0 Å². The third-order valence-electron chi connectivity index (χ3n) is 5.59. The van der Waals surface area contributed by atoms with Crippen LogP contribution in [-0.4, -0.2) is 21.8 Å². The van der Waals surface area contributed by atoms with Crippen LogP contribution in [0.25, 0.3) is 15.9 Å². The van der Waals surface area contributed by atoms with E-state index < -0.39 is 5.69 Å². The number of hydrogen-bond donors (Lipinski definition) is 1. The first-order chi connectivity index (χ1) is 15.9. The second kappa shape index (κ2) is 8.25. The molecule has 1 aliphatic rings. The van der Waals surface area contributed by atoms with Gasteiger partial charge in [0, 0.05) is 6.54 Å².